The van der Waals surface area contributed by atoms with Crippen LogP contribution in [-0.2, 0) is 11.3 Å². The quantitative estimate of drug-likeness (QED) is 0.457. The van der Waals surface area contributed by atoms with Gasteiger partial charge in [0.05, 0.1) is 11.2 Å². The Morgan fingerprint density at radius 1 is 1.11 bits per heavy atom. The molecule has 0 bridgehead atoms. The Balaban J connectivity index is 1.36. The van der Waals surface area contributed by atoms with E-state index in [-0.39, 0.29) is 17.7 Å². The van der Waals surface area contributed by atoms with Gasteiger partial charge < -0.3 is 10.2 Å². The van der Waals surface area contributed by atoms with E-state index in [9.17, 15) is 9.59 Å². The van der Waals surface area contributed by atoms with E-state index in [0.717, 1.165) is 49.0 Å². The number of hydrogen-bond donors (Lipinski definition) is 1. The number of rotatable bonds is 6. The Morgan fingerprint density at radius 3 is 2.49 bits per heavy atom. The molecule has 3 aromatic rings. The standard InChI is InChI=1S/C29H32ClN5O2/c1-20(2)29(37)34-14-11-23(12-15-34)13-16-35-26(25(30)19-32-35)28(36)33-27-21(3)17-24(18-31-27)10-9-22-7-5-4-6-8-22/h4-8,17-20,23H,11-16H2,1-3H3,(H,31,33,36). The Hall–Kier alpha value is -3.63. The number of pyridine rings is 1. The molecule has 37 heavy (non-hydrogen) atoms. The van der Waals surface area contributed by atoms with Gasteiger partial charge in [-0.15, -0.1) is 0 Å². The van der Waals surface area contributed by atoms with Gasteiger partial charge in [-0.25, -0.2) is 4.98 Å². The number of aromatic nitrogens is 3. The molecule has 0 saturated carbocycles. The van der Waals surface area contributed by atoms with Gasteiger partial charge >= 0.3 is 0 Å². The summed E-state index contributed by atoms with van der Waals surface area (Å²) in [5.74, 6) is 7.06. The van der Waals surface area contributed by atoms with Crippen molar-refractivity contribution in [1.29, 1.82) is 0 Å². The Bertz CT molecular complexity index is 1320. The molecule has 1 aromatic carbocycles. The fraction of sp³-hybridized carbons (Fsp3) is 0.379. The van der Waals surface area contributed by atoms with E-state index in [1.165, 1.54) is 6.20 Å². The normalized spacial score (nSPS) is 13.8. The van der Waals surface area contributed by atoms with Crippen LogP contribution in [0.4, 0.5) is 5.82 Å². The van der Waals surface area contributed by atoms with Crippen molar-refractivity contribution in [1.82, 2.24) is 19.7 Å². The first-order valence-electron chi connectivity index (χ1n) is 12.7. The van der Waals surface area contributed by atoms with E-state index in [2.05, 4.69) is 27.2 Å². The first kappa shape index (κ1) is 26.4. The molecule has 0 spiro atoms. The van der Waals surface area contributed by atoms with Crippen molar-refractivity contribution in [3.63, 3.8) is 0 Å². The number of benzene rings is 1. The molecule has 1 N–H and O–H groups in total. The summed E-state index contributed by atoms with van der Waals surface area (Å²) in [6, 6.07) is 11.6. The summed E-state index contributed by atoms with van der Waals surface area (Å²) in [6.45, 7) is 7.91. The zero-order valence-electron chi connectivity index (χ0n) is 21.5. The molecule has 4 rings (SSSR count). The van der Waals surface area contributed by atoms with E-state index < -0.39 is 0 Å². The molecule has 7 nitrogen and oxygen atoms in total. The number of piperidine rings is 1. The molecule has 1 saturated heterocycles. The van der Waals surface area contributed by atoms with Gasteiger partial charge in [-0.2, -0.15) is 5.10 Å². The molecule has 1 aliphatic rings. The Kier molecular flexibility index (Phi) is 8.62. The molecule has 0 atom stereocenters. The van der Waals surface area contributed by atoms with Crippen LogP contribution in [-0.4, -0.2) is 44.6 Å². The Labute approximate surface area is 223 Å². The van der Waals surface area contributed by atoms with E-state index in [4.69, 9.17) is 11.6 Å². The topological polar surface area (TPSA) is 80.1 Å². The zero-order chi connectivity index (χ0) is 26.4. The maximum absolute atomic E-state index is 13.1. The molecule has 0 unspecified atom stereocenters. The van der Waals surface area contributed by atoms with Crippen LogP contribution in [0.5, 0.6) is 0 Å². The van der Waals surface area contributed by atoms with Crippen molar-refractivity contribution in [3.05, 3.63) is 76.2 Å². The monoisotopic (exact) mass is 517 g/mol. The van der Waals surface area contributed by atoms with Crippen LogP contribution < -0.4 is 5.32 Å². The van der Waals surface area contributed by atoms with Crippen molar-refractivity contribution < 1.29 is 9.59 Å². The molecule has 8 heteroatoms. The molecule has 3 heterocycles. The summed E-state index contributed by atoms with van der Waals surface area (Å²) < 4.78 is 1.67. The number of likely N-dealkylation sites (tertiary alicyclic amines) is 1. The zero-order valence-corrected chi connectivity index (χ0v) is 22.3. The molecule has 2 amide bonds. The highest BCUT2D eigenvalue weighted by molar-refractivity contribution is 6.34. The SMILES string of the molecule is Cc1cc(C#Cc2ccccc2)cnc1NC(=O)c1c(Cl)cnn1CCC1CCN(C(=O)C(C)C)CC1. The van der Waals surface area contributed by atoms with Crippen molar-refractivity contribution in [2.45, 2.75) is 46.6 Å². The lowest BCUT2D eigenvalue weighted by molar-refractivity contribution is -0.135. The highest BCUT2D eigenvalue weighted by atomic mass is 35.5. The minimum Gasteiger partial charge on any atom is -0.342 e. The fourth-order valence-corrected chi connectivity index (χ4v) is 4.70. The van der Waals surface area contributed by atoms with Crippen LogP contribution in [0.3, 0.4) is 0 Å². The van der Waals surface area contributed by atoms with Gasteiger partial charge in [0.15, 0.2) is 0 Å². The lowest BCUT2D eigenvalue weighted by Gasteiger charge is -2.33. The number of nitrogens with zero attached hydrogens (tertiary/aromatic N) is 4. The fourth-order valence-electron chi connectivity index (χ4n) is 4.48. The number of nitrogens with one attached hydrogen (secondary N) is 1. The predicted molar refractivity (Wildman–Crippen MR) is 145 cm³/mol. The van der Waals surface area contributed by atoms with Crippen LogP contribution >= 0.6 is 11.6 Å². The smallest absolute Gasteiger partial charge is 0.276 e. The highest BCUT2D eigenvalue weighted by Crippen LogP contribution is 2.24. The third-order valence-electron chi connectivity index (χ3n) is 6.61. The summed E-state index contributed by atoms with van der Waals surface area (Å²) in [5, 5.41) is 7.52. The highest BCUT2D eigenvalue weighted by Gasteiger charge is 2.25. The van der Waals surface area contributed by atoms with Crippen molar-refractivity contribution >= 4 is 29.2 Å². The van der Waals surface area contributed by atoms with E-state index >= 15 is 0 Å². The lowest BCUT2D eigenvalue weighted by Crippen LogP contribution is -2.40. The number of amides is 2. The molecule has 1 fully saturated rings. The Morgan fingerprint density at radius 2 is 1.81 bits per heavy atom. The minimum atomic E-state index is -0.349. The third kappa shape index (κ3) is 6.78. The summed E-state index contributed by atoms with van der Waals surface area (Å²) in [6.07, 6.45) is 5.93. The van der Waals surface area contributed by atoms with E-state index in [0.29, 0.717) is 29.0 Å². The average Bonchev–Trinajstić information content (AvgIpc) is 3.28. The lowest BCUT2D eigenvalue weighted by atomic mass is 9.93. The van der Waals surface area contributed by atoms with Gasteiger partial charge in [0.1, 0.15) is 11.5 Å². The molecule has 1 aliphatic heterocycles. The summed E-state index contributed by atoms with van der Waals surface area (Å²) in [7, 11) is 0. The number of hydrogen-bond acceptors (Lipinski definition) is 4. The number of carbonyl (C=O) groups is 2. The number of anilines is 1. The summed E-state index contributed by atoms with van der Waals surface area (Å²) in [4.78, 5) is 31.7. The second kappa shape index (κ2) is 12.1. The largest absolute Gasteiger partial charge is 0.342 e. The van der Waals surface area contributed by atoms with Gasteiger partial charge in [0.2, 0.25) is 5.91 Å². The van der Waals surface area contributed by atoms with E-state index in [1.54, 1.807) is 10.9 Å². The van der Waals surface area contributed by atoms with Crippen LogP contribution in [0.25, 0.3) is 0 Å². The second-order valence-electron chi connectivity index (χ2n) is 9.74. The molecule has 2 aromatic heterocycles. The maximum atomic E-state index is 13.1. The first-order valence-corrected chi connectivity index (χ1v) is 13.0. The first-order chi connectivity index (χ1) is 17.8. The average molecular weight is 518 g/mol. The van der Waals surface area contributed by atoms with Gasteiger partial charge in [-0.3, -0.25) is 14.3 Å². The van der Waals surface area contributed by atoms with Crippen LogP contribution in [0.2, 0.25) is 5.02 Å². The van der Waals surface area contributed by atoms with Gasteiger partial charge in [0.25, 0.3) is 5.91 Å². The maximum Gasteiger partial charge on any atom is 0.276 e. The molecule has 192 valence electrons. The predicted octanol–water partition coefficient (Wildman–Crippen LogP) is 5.18. The molecule has 0 radical (unpaired) electrons. The number of aryl methyl sites for hydroxylation is 2. The molecule has 0 aliphatic carbocycles. The third-order valence-corrected chi connectivity index (χ3v) is 6.89. The van der Waals surface area contributed by atoms with Crippen LogP contribution in [0.1, 0.15) is 60.3 Å². The second-order valence-corrected chi connectivity index (χ2v) is 10.1. The van der Waals surface area contributed by atoms with E-state index in [1.807, 2.05) is 62.1 Å². The number of carbonyl (C=O) groups excluding carboxylic acids is 2. The van der Waals surface area contributed by atoms with Gasteiger partial charge in [0, 0.05) is 42.9 Å². The van der Waals surface area contributed by atoms with Gasteiger partial charge in [-0.05, 0) is 55.9 Å². The summed E-state index contributed by atoms with van der Waals surface area (Å²) >= 11 is 6.35. The van der Waals surface area contributed by atoms with Crippen molar-refractivity contribution in [2.75, 3.05) is 18.4 Å². The van der Waals surface area contributed by atoms with Gasteiger partial charge in [-0.1, -0.05) is 55.5 Å². The van der Waals surface area contributed by atoms with Crippen LogP contribution in [0.15, 0.2) is 48.8 Å². The van der Waals surface area contributed by atoms with Crippen molar-refractivity contribution in [3.8, 4) is 11.8 Å². The van der Waals surface area contributed by atoms with Crippen molar-refractivity contribution in [2.24, 2.45) is 11.8 Å². The molecular weight excluding hydrogens is 486 g/mol. The number of halogens is 1. The molecular formula is C29H32ClN5O2. The summed E-state index contributed by atoms with van der Waals surface area (Å²) in [5.41, 5.74) is 2.82. The minimum absolute atomic E-state index is 0.0281. The van der Waals surface area contributed by atoms with Crippen LogP contribution in [0, 0.1) is 30.6 Å².